The van der Waals surface area contributed by atoms with Crippen LogP contribution >= 0.6 is 0 Å². The number of rotatable bonds is 1. The van der Waals surface area contributed by atoms with Crippen molar-refractivity contribution >= 4 is 0 Å². The molecule has 0 aliphatic heterocycles. The van der Waals surface area contributed by atoms with Gasteiger partial charge in [-0.3, -0.25) is 0 Å². The van der Waals surface area contributed by atoms with Gasteiger partial charge in [0.05, 0.1) is 5.60 Å². The van der Waals surface area contributed by atoms with Crippen LogP contribution in [0.25, 0.3) is 0 Å². The molecule has 1 N–H and O–H groups in total. The highest BCUT2D eigenvalue weighted by Crippen LogP contribution is 2.55. The van der Waals surface area contributed by atoms with E-state index in [1.807, 2.05) is 13.8 Å². The monoisotopic (exact) mass is 194 g/mol. The molecule has 14 heavy (non-hydrogen) atoms. The van der Waals surface area contributed by atoms with Gasteiger partial charge in [0.25, 0.3) is 0 Å². The summed E-state index contributed by atoms with van der Waals surface area (Å²) in [5.74, 6) is -0.255. The van der Waals surface area contributed by atoms with E-state index in [1.54, 1.807) is 12.1 Å². The van der Waals surface area contributed by atoms with Crippen molar-refractivity contribution in [3.8, 4) is 0 Å². The molecule has 0 radical (unpaired) electrons. The van der Waals surface area contributed by atoms with Crippen molar-refractivity contribution in [3.63, 3.8) is 0 Å². The minimum atomic E-state index is -0.763. The summed E-state index contributed by atoms with van der Waals surface area (Å²) in [6.07, 6.45) is 1.78. The molecular formula is C12H15FO. The number of hydrogen-bond acceptors (Lipinski definition) is 1. The van der Waals surface area contributed by atoms with E-state index in [2.05, 4.69) is 0 Å². The van der Waals surface area contributed by atoms with Crippen molar-refractivity contribution in [1.29, 1.82) is 0 Å². The first-order valence-electron chi connectivity index (χ1n) is 4.94. The molecule has 0 saturated heterocycles. The minimum absolute atomic E-state index is 0.0924. The van der Waals surface area contributed by atoms with E-state index in [4.69, 9.17) is 0 Å². The second-order valence-corrected chi connectivity index (χ2v) is 4.75. The predicted molar refractivity (Wildman–Crippen MR) is 53.3 cm³/mol. The van der Waals surface area contributed by atoms with Crippen LogP contribution in [0.2, 0.25) is 0 Å². The summed E-state index contributed by atoms with van der Waals surface area (Å²) in [6, 6.07) is 6.16. The lowest BCUT2D eigenvalue weighted by molar-refractivity contribution is -0.156. The molecule has 76 valence electrons. The molecule has 0 aromatic heterocycles. The molecular weight excluding hydrogens is 179 g/mol. The molecule has 2 heteroatoms. The molecule has 1 fully saturated rings. The second kappa shape index (κ2) is 2.80. The van der Waals surface area contributed by atoms with Crippen molar-refractivity contribution in [2.75, 3.05) is 0 Å². The smallest absolute Gasteiger partial charge is 0.123 e. The molecule has 1 unspecified atom stereocenters. The van der Waals surface area contributed by atoms with Crippen LogP contribution in [-0.4, -0.2) is 5.11 Å². The third kappa shape index (κ3) is 1.17. The Kier molecular flexibility index (Phi) is 1.93. The minimum Gasteiger partial charge on any atom is -0.385 e. The van der Waals surface area contributed by atoms with Crippen LogP contribution < -0.4 is 0 Å². The Labute approximate surface area is 83.6 Å². The lowest BCUT2D eigenvalue weighted by atomic mass is 9.56. The zero-order valence-electron chi connectivity index (χ0n) is 8.55. The Balaban J connectivity index is 2.36. The molecule has 1 aliphatic rings. The molecule has 1 aromatic carbocycles. The van der Waals surface area contributed by atoms with E-state index in [-0.39, 0.29) is 11.2 Å². The summed E-state index contributed by atoms with van der Waals surface area (Å²) in [7, 11) is 0. The Hall–Kier alpha value is -0.890. The fourth-order valence-electron chi connectivity index (χ4n) is 2.12. The quantitative estimate of drug-likeness (QED) is 0.728. The van der Waals surface area contributed by atoms with Gasteiger partial charge >= 0.3 is 0 Å². The van der Waals surface area contributed by atoms with Crippen molar-refractivity contribution in [2.45, 2.75) is 32.3 Å². The fraction of sp³-hybridized carbons (Fsp3) is 0.500. The maximum Gasteiger partial charge on any atom is 0.123 e. The highest BCUT2D eigenvalue weighted by Gasteiger charge is 2.52. The maximum absolute atomic E-state index is 12.7. The zero-order valence-corrected chi connectivity index (χ0v) is 8.55. The van der Waals surface area contributed by atoms with Gasteiger partial charge < -0.3 is 5.11 Å². The van der Waals surface area contributed by atoms with Gasteiger partial charge in [-0.1, -0.05) is 26.0 Å². The largest absolute Gasteiger partial charge is 0.385 e. The lowest BCUT2D eigenvalue weighted by Gasteiger charge is -2.53. The molecule has 1 aliphatic carbocycles. The van der Waals surface area contributed by atoms with Crippen LogP contribution in [0.1, 0.15) is 32.3 Å². The number of aliphatic hydroxyl groups is 1. The molecule has 1 saturated carbocycles. The normalized spacial score (nSPS) is 29.7. The first kappa shape index (κ1) is 9.66. The highest BCUT2D eigenvalue weighted by atomic mass is 19.1. The lowest BCUT2D eigenvalue weighted by Crippen LogP contribution is -2.50. The summed E-state index contributed by atoms with van der Waals surface area (Å²) < 4.78 is 12.7. The highest BCUT2D eigenvalue weighted by molar-refractivity contribution is 5.28. The topological polar surface area (TPSA) is 20.2 Å². The van der Waals surface area contributed by atoms with Crippen LogP contribution in [0.3, 0.4) is 0 Å². The van der Waals surface area contributed by atoms with Crippen molar-refractivity contribution < 1.29 is 9.50 Å². The first-order valence-corrected chi connectivity index (χ1v) is 4.94. The Morgan fingerprint density at radius 1 is 1.14 bits per heavy atom. The first-order chi connectivity index (χ1) is 6.46. The number of hydrogen-bond donors (Lipinski definition) is 1. The van der Waals surface area contributed by atoms with E-state index in [9.17, 15) is 9.50 Å². The average Bonchev–Trinajstić information content (AvgIpc) is 2.16. The van der Waals surface area contributed by atoms with Crippen molar-refractivity contribution in [2.24, 2.45) is 5.41 Å². The van der Waals surface area contributed by atoms with Crippen molar-refractivity contribution in [3.05, 3.63) is 35.6 Å². The molecule has 0 bridgehead atoms. The summed E-state index contributed by atoms with van der Waals surface area (Å²) >= 11 is 0. The van der Waals surface area contributed by atoms with Gasteiger partial charge in [0.15, 0.2) is 0 Å². The van der Waals surface area contributed by atoms with Gasteiger partial charge in [-0.2, -0.15) is 0 Å². The molecule has 1 atom stereocenters. The number of halogens is 1. The summed E-state index contributed by atoms with van der Waals surface area (Å²) in [5.41, 5.74) is -0.0268. The van der Waals surface area contributed by atoms with E-state index in [1.165, 1.54) is 12.1 Å². The standard InChI is InChI=1S/C12H15FO/c1-11(2)7-8-12(11,14)9-3-5-10(13)6-4-9/h3-6,14H,7-8H2,1-2H3. The van der Waals surface area contributed by atoms with Gasteiger partial charge in [-0.05, 0) is 36.0 Å². The zero-order chi connectivity index (χ0) is 10.4. The Morgan fingerprint density at radius 2 is 1.71 bits per heavy atom. The average molecular weight is 194 g/mol. The molecule has 1 aromatic rings. The number of benzene rings is 1. The summed E-state index contributed by atoms with van der Waals surface area (Å²) in [5, 5.41) is 10.4. The summed E-state index contributed by atoms with van der Waals surface area (Å²) in [6.45, 7) is 4.08. The van der Waals surface area contributed by atoms with Crippen LogP contribution in [0.5, 0.6) is 0 Å². The fourth-order valence-corrected chi connectivity index (χ4v) is 2.12. The Bertz CT molecular complexity index is 342. The van der Waals surface area contributed by atoms with Crippen molar-refractivity contribution in [1.82, 2.24) is 0 Å². The van der Waals surface area contributed by atoms with E-state index < -0.39 is 5.60 Å². The second-order valence-electron chi connectivity index (χ2n) is 4.75. The molecule has 1 nitrogen and oxygen atoms in total. The molecule has 0 amide bonds. The molecule has 0 spiro atoms. The van der Waals surface area contributed by atoms with Gasteiger partial charge in [0.1, 0.15) is 5.82 Å². The van der Waals surface area contributed by atoms with Crippen LogP contribution in [-0.2, 0) is 5.60 Å². The third-order valence-electron chi connectivity index (χ3n) is 3.55. The third-order valence-corrected chi connectivity index (χ3v) is 3.55. The van der Waals surface area contributed by atoms with E-state index in [0.29, 0.717) is 0 Å². The SMILES string of the molecule is CC1(C)CCC1(O)c1ccc(F)cc1. The maximum atomic E-state index is 12.7. The van der Waals surface area contributed by atoms with Gasteiger partial charge in [0, 0.05) is 0 Å². The summed E-state index contributed by atoms with van der Waals surface area (Å²) in [4.78, 5) is 0. The van der Waals surface area contributed by atoms with Crippen LogP contribution in [0.15, 0.2) is 24.3 Å². The molecule has 0 heterocycles. The van der Waals surface area contributed by atoms with E-state index in [0.717, 1.165) is 18.4 Å². The Morgan fingerprint density at radius 3 is 2.07 bits per heavy atom. The van der Waals surface area contributed by atoms with Gasteiger partial charge in [0.2, 0.25) is 0 Å². The van der Waals surface area contributed by atoms with Gasteiger partial charge in [-0.25, -0.2) is 4.39 Å². The van der Waals surface area contributed by atoms with E-state index >= 15 is 0 Å². The predicted octanol–water partition coefficient (Wildman–Crippen LogP) is 2.83. The van der Waals surface area contributed by atoms with Gasteiger partial charge in [-0.15, -0.1) is 0 Å². The molecule has 2 rings (SSSR count). The van der Waals surface area contributed by atoms with Crippen LogP contribution in [0, 0.1) is 11.2 Å². The van der Waals surface area contributed by atoms with Crippen LogP contribution in [0.4, 0.5) is 4.39 Å².